The van der Waals surface area contributed by atoms with Gasteiger partial charge in [0.25, 0.3) is 0 Å². The van der Waals surface area contributed by atoms with Crippen molar-refractivity contribution in [3.63, 3.8) is 0 Å². The summed E-state index contributed by atoms with van der Waals surface area (Å²) in [6.07, 6.45) is 7.98. The average Bonchev–Trinajstić information content (AvgIpc) is 3.89. The lowest BCUT2D eigenvalue weighted by atomic mass is 9.80. The fraction of sp³-hybridized carbons (Fsp3) is 0.800. The molecule has 5 heterocycles. The molecule has 0 unspecified atom stereocenters. The van der Waals surface area contributed by atoms with Gasteiger partial charge in [-0.2, -0.15) is 0 Å². The molecule has 0 radical (unpaired) electrons. The predicted molar refractivity (Wildman–Crippen MR) is 209 cm³/mol. The molecule has 15 atom stereocenters. The molecular formula is C45H70O10. The number of aryl methyl sites for hydroxylation is 1. The fourth-order valence-electron chi connectivity index (χ4n) is 10.7. The monoisotopic (exact) mass is 770 g/mol. The largest absolute Gasteiger partial charge is 0.466 e. The minimum Gasteiger partial charge on any atom is -0.466 e. The highest BCUT2D eigenvalue weighted by Gasteiger charge is 2.62. The summed E-state index contributed by atoms with van der Waals surface area (Å²) in [5.41, 5.74) is 1.93. The molecule has 1 spiro atoms. The van der Waals surface area contributed by atoms with Gasteiger partial charge in [0.2, 0.25) is 0 Å². The zero-order chi connectivity index (χ0) is 39.9. The first-order valence-electron chi connectivity index (χ1n) is 21.2. The van der Waals surface area contributed by atoms with Crippen molar-refractivity contribution in [3.05, 3.63) is 47.0 Å². The Bertz CT molecular complexity index is 1500. The number of methoxy groups -OCH3 is 1. The van der Waals surface area contributed by atoms with Crippen molar-refractivity contribution in [3.8, 4) is 0 Å². The molecule has 1 aromatic rings. The van der Waals surface area contributed by atoms with Gasteiger partial charge in [-0.1, -0.05) is 78.8 Å². The Balaban J connectivity index is 1.18. The van der Waals surface area contributed by atoms with Crippen molar-refractivity contribution in [2.24, 2.45) is 29.6 Å². The first-order valence-corrected chi connectivity index (χ1v) is 21.2. The van der Waals surface area contributed by atoms with Crippen LogP contribution in [-0.4, -0.2) is 89.3 Å². The Hall–Kier alpha value is -1.89. The molecule has 5 aliphatic heterocycles. The molecule has 5 fully saturated rings. The molecule has 10 nitrogen and oxygen atoms in total. The molecule has 55 heavy (non-hydrogen) atoms. The van der Waals surface area contributed by atoms with Gasteiger partial charge in [0.1, 0.15) is 0 Å². The van der Waals surface area contributed by atoms with E-state index < -0.39 is 29.4 Å². The van der Waals surface area contributed by atoms with Gasteiger partial charge in [0.05, 0.1) is 68.1 Å². The normalized spacial score (nSPS) is 44.3. The molecule has 310 valence electrons. The topological polar surface area (TPSA) is 122 Å². The highest BCUT2D eigenvalue weighted by atomic mass is 16.7. The van der Waals surface area contributed by atoms with Crippen molar-refractivity contribution in [1.82, 2.24) is 0 Å². The van der Waals surface area contributed by atoms with E-state index in [1.54, 1.807) is 6.92 Å². The number of carbonyl (C=O) groups excluding carboxylic acids is 1. The maximum Gasteiger partial charge on any atom is 0.333 e. The van der Waals surface area contributed by atoms with Crippen molar-refractivity contribution >= 4 is 5.97 Å². The van der Waals surface area contributed by atoms with E-state index in [9.17, 15) is 15.0 Å². The summed E-state index contributed by atoms with van der Waals surface area (Å²) in [4.78, 5) is 12.4. The van der Waals surface area contributed by atoms with Crippen LogP contribution in [0, 0.1) is 29.6 Å². The number of rotatable bonds is 12. The van der Waals surface area contributed by atoms with E-state index >= 15 is 0 Å². The van der Waals surface area contributed by atoms with E-state index in [2.05, 4.69) is 72.7 Å². The lowest BCUT2D eigenvalue weighted by Gasteiger charge is -2.48. The highest BCUT2D eigenvalue weighted by Crippen LogP contribution is 2.55. The molecule has 10 heteroatoms. The van der Waals surface area contributed by atoms with Gasteiger partial charge in [-0.15, -0.1) is 0 Å². The fourth-order valence-corrected chi connectivity index (χ4v) is 10.7. The molecule has 0 aliphatic carbocycles. The Labute approximate surface area is 329 Å². The van der Waals surface area contributed by atoms with Crippen LogP contribution in [0.3, 0.4) is 0 Å². The molecule has 0 saturated carbocycles. The quantitative estimate of drug-likeness (QED) is 0.164. The van der Waals surface area contributed by atoms with E-state index in [0.717, 1.165) is 50.5 Å². The van der Waals surface area contributed by atoms with Crippen molar-refractivity contribution < 1.29 is 48.2 Å². The molecule has 6 rings (SSSR count). The summed E-state index contributed by atoms with van der Waals surface area (Å²) >= 11 is 0. The van der Waals surface area contributed by atoms with Crippen LogP contribution in [0.1, 0.15) is 125 Å². The second kappa shape index (κ2) is 16.8. The second-order valence-corrected chi connectivity index (χ2v) is 18.3. The molecule has 1 aromatic carbocycles. The Morgan fingerprint density at radius 1 is 1.00 bits per heavy atom. The van der Waals surface area contributed by atoms with Crippen LogP contribution in [0.15, 0.2) is 35.9 Å². The molecule has 2 N–H and O–H groups in total. The van der Waals surface area contributed by atoms with Gasteiger partial charge in [0, 0.05) is 36.2 Å². The van der Waals surface area contributed by atoms with Crippen LogP contribution in [0.2, 0.25) is 0 Å². The van der Waals surface area contributed by atoms with Gasteiger partial charge in [0.15, 0.2) is 11.6 Å². The summed E-state index contributed by atoms with van der Waals surface area (Å²) in [5.74, 6) is -2.54. The smallest absolute Gasteiger partial charge is 0.333 e. The van der Waals surface area contributed by atoms with Crippen LogP contribution in [0.25, 0.3) is 0 Å². The molecule has 0 aromatic heterocycles. The first kappa shape index (κ1) is 42.7. The lowest BCUT2D eigenvalue weighted by Crippen LogP contribution is -2.56. The number of hydrogen-bond acceptors (Lipinski definition) is 10. The summed E-state index contributed by atoms with van der Waals surface area (Å²) in [5, 5.41) is 21.1. The first-order chi connectivity index (χ1) is 26.0. The SMILES string of the molecule is CCc1ccc(CO[C@H]2C[C@]3(CC[C@@](C)([C@H]4CC[C@@](CC)([C@@H]5O[C@@H]([C@H]6O[C@@](O)(CO)[C@H](C)C[C@@H]6C)C[C@@H]5C)O4)O3)O[C@H]([C@@H](C)/C=C(\C)C(=O)OC)[C@@H]2C)cc1. The Kier molecular flexibility index (Phi) is 13.0. The number of benzene rings is 1. The van der Waals surface area contributed by atoms with Crippen molar-refractivity contribution in [1.29, 1.82) is 0 Å². The molecule has 0 amide bonds. The molecule has 0 bridgehead atoms. The second-order valence-electron chi connectivity index (χ2n) is 18.3. The number of esters is 1. The molecule has 5 aliphatic rings. The van der Waals surface area contributed by atoms with E-state index in [4.69, 9.17) is 33.2 Å². The Morgan fingerprint density at radius 2 is 1.71 bits per heavy atom. The minimum atomic E-state index is -1.56. The van der Waals surface area contributed by atoms with Crippen LogP contribution in [0.4, 0.5) is 0 Å². The van der Waals surface area contributed by atoms with Crippen molar-refractivity contribution in [2.45, 2.75) is 186 Å². The van der Waals surface area contributed by atoms with Crippen LogP contribution < -0.4 is 0 Å². The zero-order valence-electron chi connectivity index (χ0n) is 35.2. The zero-order valence-corrected chi connectivity index (χ0v) is 35.2. The van der Waals surface area contributed by atoms with Gasteiger partial charge < -0.3 is 43.4 Å². The van der Waals surface area contributed by atoms with Crippen LogP contribution in [-0.2, 0) is 51.0 Å². The number of ether oxygens (including phenoxy) is 7. The van der Waals surface area contributed by atoms with Crippen LogP contribution >= 0.6 is 0 Å². The standard InChI is InChI=1S/C45H70O10/c1-11-33-13-15-34(16-14-33)25-50-36-24-44(53-38(32(36)8)27(3)21-30(6)41(47)49-10)20-19-42(9,55-44)37-17-18-43(12-2,52-37)40-29(5)23-35(51-40)39-28(4)22-31(7)45(48,26-46)54-39/h13-16,21,27-29,31-32,35-40,46,48H,11-12,17-20,22-26H2,1-10H3/b30-21+/t27-,28-,29-,31+,32+,35+,36-,37+,38+,39-,40+,42-,43-,44+,45-/m0/s1. The van der Waals surface area contributed by atoms with E-state index in [1.165, 1.54) is 12.7 Å². The third-order valence-corrected chi connectivity index (χ3v) is 14.3. The summed E-state index contributed by atoms with van der Waals surface area (Å²) in [6.45, 7) is 19.0. The summed E-state index contributed by atoms with van der Waals surface area (Å²) in [7, 11) is 1.41. The highest BCUT2D eigenvalue weighted by molar-refractivity contribution is 5.87. The summed E-state index contributed by atoms with van der Waals surface area (Å²) < 4.78 is 46.5. The molecule has 5 saturated heterocycles. The van der Waals surface area contributed by atoms with Gasteiger partial charge >= 0.3 is 5.97 Å². The van der Waals surface area contributed by atoms with Crippen molar-refractivity contribution in [2.75, 3.05) is 13.7 Å². The van der Waals surface area contributed by atoms with Gasteiger partial charge in [-0.05, 0) is 81.8 Å². The predicted octanol–water partition coefficient (Wildman–Crippen LogP) is 7.44. The molecular weight excluding hydrogens is 700 g/mol. The van der Waals surface area contributed by atoms with E-state index in [-0.39, 0.29) is 72.2 Å². The van der Waals surface area contributed by atoms with Gasteiger partial charge in [-0.25, -0.2) is 4.79 Å². The lowest BCUT2D eigenvalue weighted by molar-refractivity contribution is -0.335. The average molecular weight is 771 g/mol. The van der Waals surface area contributed by atoms with Crippen LogP contribution in [0.5, 0.6) is 0 Å². The number of aliphatic hydroxyl groups excluding tert-OH is 1. The minimum absolute atomic E-state index is 0.0459. The Morgan fingerprint density at radius 3 is 2.36 bits per heavy atom. The number of aliphatic hydroxyl groups is 2. The maximum atomic E-state index is 12.4. The van der Waals surface area contributed by atoms with E-state index in [0.29, 0.717) is 25.0 Å². The maximum absolute atomic E-state index is 12.4. The third-order valence-electron chi connectivity index (χ3n) is 14.3. The number of hydrogen-bond donors (Lipinski definition) is 2. The third kappa shape index (κ3) is 8.49. The van der Waals surface area contributed by atoms with Gasteiger partial charge in [-0.3, -0.25) is 0 Å². The van der Waals surface area contributed by atoms with E-state index in [1.807, 2.05) is 13.0 Å². The summed E-state index contributed by atoms with van der Waals surface area (Å²) in [6, 6.07) is 8.64. The number of carbonyl (C=O) groups is 1.